The van der Waals surface area contributed by atoms with Crippen LogP contribution in [0.1, 0.15) is 34.7 Å². The first-order chi connectivity index (χ1) is 10.8. The molecule has 2 rings (SSSR count). The van der Waals surface area contributed by atoms with Crippen molar-refractivity contribution >= 4 is 28.3 Å². The maximum Gasteiger partial charge on any atom is 0.273 e. The Kier molecular flexibility index (Phi) is 5.05. The average Bonchev–Trinajstić information content (AvgIpc) is 2.93. The van der Waals surface area contributed by atoms with Crippen LogP contribution in [0.15, 0.2) is 23.6 Å². The third-order valence-electron chi connectivity index (χ3n) is 3.16. The van der Waals surface area contributed by atoms with Crippen LogP contribution >= 0.6 is 11.3 Å². The number of rotatable bonds is 4. The number of anilines is 1. The number of nitrogens with zero attached hydrogens (tertiary/aromatic N) is 2. The van der Waals surface area contributed by atoms with E-state index in [1.807, 2.05) is 13.8 Å². The number of aromatic nitrogens is 1. The summed E-state index contributed by atoms with van der Waals surface area (Å²) in [5.41, 5.74) is 0.0387. The Morgan fingerprint density at radius 1 is 1.22 bits per heavy atom. The average molecular weight is 339 g/mol. The monoisotopic (exact) mass is 339 g/mol. The second kappa shape index (κ2) is 6.82. The lowest BCUT2D eigenvalue weighted by molar-refractivity contribution is 0.0749. The molecule has 0 atom stereocenters. The molecule has 8 heteroatoms. The SMILES string of the molecule is CC(C)N(C)C(=O)c1csc(NC(=O)c2cc(F)cc(F)c2)n1. The van der Waals surface area contributed by atoms with Gasteiger partial charge in [-0.15, -0.1) is 11.3 Å². The summed E-state index contributed by atoms with van der Waals surface area (Å²) in [6, 6.07) is 2.53. The van der Waals surface area contributed by atoms with Crippen molar-refractivity contribution in [3.63, 3.8) is 0 Å². The van der Waals surface area contributed by atoms with Crippen LogP contribution in [-0.4, -0.2) is 34.8 Å². The Morgan fingerprint density at radius 2 is 1.83 bits per heavy atom. The molecule has 122 valence electrons. The van der Waals surface area contributed by atoms with Crippen LogP contribution in [0.2, 0.25) is 0 Å². The third-order valence-corrected chi connectivity index (χ3v) is 3.92. The van der Waals surface area contributed by atoms with Crippen LogP contribution in [-0.2, 0) is 0 Å². The largest absolute Gasteiger partial charge is 0.338 e. The normalized spacial score (nSPS) is 10.7. The Bertz CT molecular complexity index is 726. The van der Waals surface area contributed by atoms with E-state index in [-0.39, 0.29) is 28.3 Å². The first-order valence-corrected chi connectivity index (χ1v) is 7.66. The fourth-order valence-corrected chi connectivity index (χ4v) is 2.38. The summed E-state index contributed by atoms with van der Waals surface area (Å²) in [5, 5.41) is 4.12. The molecule has 5 nitrogen and oxygen atoms in total. The van der Waals surface area contributed by atoms with Gasteiger partial charge in [0.05, 0.1) is 0 Å². The van der Waals surface area contributed by atoms with Gasteiger partial charge in [-0.25, -0.2) is 13.8 Å². The van der Waals surface area contributed by atoms with E-state index in [0.717, 1.165) is 23.5 Å². The van der Waals surface area contributed by atoms with E-state index >= 15 is 0 Å². The molecule has 0 aliphatic carbocycles. The predicted molar refractivity (Wildman–Crippen MR) is 83.7 cm³/mol. The topological polar surface area (TPSA) is 62.3 Å². The van der Waals surface area contributed by atoms with Crippen molar-refractivity contribution in [1.29, 1.82) is 0 Å². The molecule has 23 heavy (non-hydrogen) atoms. The summed E-state index contributed by atoms with van der Waals surface area (Å²) in [7, 11) is 1.65. The Balaban J connectivity index is 2.12. The van der Waals surface area contributed by atoms with E-state index in [1.165, 1.54) is 10.3 Å². The van der Waals surface area contributed by atoms with E-state index in [4.69, 9.17) is 0 Å². The van der Waals surface area contributed by atoms with Crippen molar-refractivity contribution in [3.8, 4) is 0 Å². The fourth-order valence-electron chi connectivity index (χ4n) is 1.70. The molecule has 0 saturated heterocycles. The van der Waals surface area contributed by atoms with Gasteiger partial charge in [0.2, 0.25) is 0 Å². The summed E-state index contributed by atoms with van der Waals surface area (Å²) >= 11 is 1.06. The summed E-state index contributed by atoms with van der Waals surface area (Å²) in [6.07, 6.45) is 0. The molecular weight excluding hydrogens is 324 g/mol. The zero-order chi connectivity index (χ0) is 17.1. The molecule has 1 N–H and O–H groups in total. The van der Waals surface area contributed by atoms with Crippen molar-refractivity contribution in [2.24, 2.45) is 0 Å². The van der Waals surface area contributed by atoms with Crippen LogP contribution in [0.4, 0.5) is 13.9 Å². The molecule has 2 aromatic rings. The molecule has 1 aromatic heterocycles. The maximum absolute atomic E-state index is 13.1. The first kappa shape index (κ1) is 17.0. The molecule has 2 amide bonds. The molecular formula is C15H15F2N3O2S. The fraction of sp³-hybridized carbons (Fsp3) is 0.267. The van der Waals surface area contributed by atoms with Gasteiger partial charge in [-0.2, -0.15) is 0 Å². The highest BCUT2D eigenvalue weighted by Crippen LogP contribution is 2.18. The highest BCUT2D eigenvalue weighted by Gasteiger charge is 2.18. The van der Waals surface area contributed by atoms with Gasteiger partial charge >= 0.3 is 0 Å². The lowest BCUT2D eigenvalue weighted by Crippen LogP contribution is -2.33. The van der Waals surface area contributed by atoms with Crippen molar-refractivity contribution in [3.05, 3.63) is 46.5 Å². The van der Waals surface area contributed by atoms with E-state index in [2.05, 4.69) is 10.3 Å². The first-order valence-electron chi connectivity index (χ1n) is 6.78. The predicted octanol–water partition coefficient (Wildman–Crippen LogP) is 3.15. The van der Waals surface area contributed by atoms with Crippen LogP contribution in [0, 0.1) is 11.6 Å². The van der Waals surface area contributed by atoms with Crippen LogP contribution in [0.3, 0.4) is 0 Å². The quantitative estimate of drug-likeness (QED) is 0.931. The van der Waals surface area contributed by atoms with Gasteiger partial charge in [0.1, 0.15) is 17.3 Å². The number of benzene rings is 1. The Morgan fingerprint density at radius 3 is 2.39 bits per heavy atom. The van der Waals surface area contributed by atoms with Crippen molar-refractivity contribution in [2.45, 2.75) is 19.9 Å². The minimum Gasteiger partial charge on any atom is -0.338 e. The minimum atomic E-state index is -0.844. The minimum absolute atomic E-state index is 0.0116. The standard InChI is InChI=1S/C15H15F2N3O2S/c1-8(2)20(3)14(22)12-7-23-15(18-12)19-13(21)9-4-10(16)6-11(17)5-9/h4-8H,1-3H3,(H,18,19,21). The zero-order valence-corrected chi connectivity index (χ0v) is 13.6. The van der Waals surface area contributed by atoms with E-state index < -0.39 is 17.5 Å². The third kappa shape index (κ3) is 4.10. The number of hydrogen-bond donors (Lipinski definition) is 1. The Hall–Kier alpha value is -2.35. The molecule has 0 saturated carbocycles. The molecule has 0 spiro atoms. The van der Waals surface area contributed by atoms with Gasteiger partial charge in [-0.1, -0.05) is 0 Å². The van der Waals surface area contributed by atoms with Crippen molar-refractivity contribution in [2.75, 3.05) is 12.4 Å². The van der Waals surface area contributed by atoms with E-state index in [1.54, 1.807) is 7.05 Å². The lowest BCUT2D eigenvalue weighted by atomic mass is 10.2. The number of carbonyl (C=O) groups is 2. The molecule has 0 unspecified atom stereocenters. The second-order valence-electron chi connectivity index (χ2n) is 5.16. The molecule has 0 aliphatic heterocycles. The zero-order valence-electron chi connectivity index (χ0n) is 12.8. The molecule has 0 aliphatic rings. The van der Waals surface area contributed by atoms with Crippen LogP contribution in [0.25, 0.3) is 0 Å². The smallest absolute Gasteiger partial charge is 0.273 e. The van der Waals surface area contributed by atoms with E-state index in [0.29, 0.717) is 6.07 Å². The summed E-state index contributed by atoms with van der Waals surface area (Å²) in [4.78, 5) is 29.6. The Labute approximate surface area is 136 Å². The molecule has 0 bridgehead atoms. The number of thiazole rings is 1. The van der Waals surface area contributed by atoms with Gasteiger partial charge in [-0.3, -0.25) is 14.9 Å². The molecule has 1 aromatic carbocycles. The number of carbonyl (C=O) groups excluding carboxylic acids is 2. The maximum atomic E-state index is 13.1. The lowest BCUT2D eigenvalue weighted by Gasteiger charge is -2.19. The molecule has 0 fully saturated rings. The summed E-state index contributed by atoms with van der Waals surface area (Å²) < 4.78 is 26.2. The van der Waals surface area contributed by atoms with Crippen LogP contribution in [0.5, 0.6) is 0 Å². The van der Waals surface area contributed by atoms with Crippen molar-refractivity contribution in [1.82, 2.24) is 9.88 Å². The number of nitrogens with one attached hydrogen (secondary N) is 1. The molecule has 0 radical (unpaired) electrons. The van der Waals surface area contributed by atoms with Crippen LogP contribution < -0.4 is 5.32 Å². The number of halogens is 2. The second-order valence-corrected chi connectivity index (χ2v) is 6.02. The summed E-state index contributed by atoms with van der Waals surface area (Å²) in [5.74, 6) is -2.66. The van der Waals surface area contributed by atoms with Gasteiger partial charge < -0.3 is 4.90 Å². The van der Waals surface area contributed by atoms with E-state index in [9.17, 15) is 18.4 Å². The number of hydrogen-bond acceptors (Lipinski definition) is 4. The van der Waals surface area contributed by atoms with Crippen molar-refractivity contribution < 1.29 is 18.4 Å². The molecule has 1 heterocycles. The van der Waals surface area contributed by atoms with Gasteiger partial charge in [0, 0.05) is 30.1 Å². The van der Waals surface area contributed by atoms with Gasteiger partial charge in [0.25, 0.3) is 11.8 Å². The highest BCUT2D eigenvalue weighted by atomic mass is 32.1. The number of amides is 2. The summed E-state index contributed by atoms with van der Waals surface area (Å²) in [6.45, 7) is 3.73. The highest BCUT2D eigenvalue weighted by molar-refractivity contribution is 7.14. The van der Waals surface area contributed by atoms with Gasteiger partial charge in [0.15, 0.2) is 5.13 Å². The van der Waals surface area contributed by atoms with Gasteiger partial charge in [-0.05, 0) is 26.0 Å².